The van der Waals surface area contributed by atoms with Crippen LogP contribution >= 0.6 is 0 Å². The van der Waals surface area contributed by atoms with Crippen LogP contribution < -0.4 is 4.74 Å². The molecule has 18 heavy (non-hydrogen) atoms. The molecule has 0 heterocycles. The Hall–Kier alpha value is -1.76. The van der Waals surface area contributed by atoms with Crippen molar-refractivity contribution in [2.24, 2.45) is 5.92 Å². The first kappa shape index (κ1) is 12.7. The molecule has 0 atom stereocenters. The minimum absolute atomic E-state index is 0.631. The third-order valence-corrected chi connectivity index (χ3v) is 2.79. The molecular formula is C17H20O. The van der Waals surface area contributed by atoms with Crippen LogP contribution in [0, 0.1) is 5.92 Å². The lowest BCUT2D eigenvalue weighted by molar-refractivity contribution is 0.306. The van der Waals surface area contributed by atoms with Crippen LogP contribution in [-0.4, -0.2) is 0 Å². The van der Waals surface area contributed by atoms with Gasteiger partial charge in [0.05, 0.1) is 0 Å². The Kier molecular flexibility index (Phi) is 4.40. The molecule has 0 fully saturated rings. The molecule has 0 saturated carbocycles. The molecule has 0 saturated heterocycles. The van der Waals surface area contributed by atoms with E-state index in [2.05, 4.69) is 44.2 Å². The Balaban J connectivity index is 1.97. The van der Waals surface area contributed by atoms with Gasteiger partial charge in [-0.05, 0) is 35.6 Å². The topological polar surface area (TPSA) is 9.23 Å². The van der Waals surface area contributed by atoms with E-state index in [1.165, 1.54) is 11.1 Å². The molecule has 0 aliphatic heterocycles. The number of ether oxygens (including phenoxy) is 1. The van der Waals surface area contributed by atoms with Crippen LogP contribution in [0.1, 0.15) is 25.0 Å². The first-order valence-electron chi connectivity index (χ1n) is 6.49. The van der Waals surface area contributed by atoms with Crippen molar-refractivity contribution >= 4 is 0 Å². The first-order chi connectivity index (χ1) is 8.74. The van der Waals surface area contributed by atoms with E-state index >= 15 is 0 Å². The van der Waals surface area contributed by atoms with Crippen molar-refractivity contribution in [3.8, 4) is 5.75 Å². The minimum atomic E-state index is 0.631. The average Bonchev–Trinajstić information content (AvgIpc) is 2.37. The molecule has 1 heteroatoms. The summed E-state index contributed by atoms with van der Waals surface area (Å²) in [5.74, 6) is 1.63. The summed E-state index contributed by atoms with van der Waals surface area (Å²) < 4.78 is 5.81. The van der Waals surface area contributed by atoms with E-state index in [9.17, 15) is 0 Å². The van der Waals surface area contributed by atoms with Gasteiger partial charge < -0.3 is 4.74 Å². The normalized spacial score (nSPS) is 10.6. The van der Waals surface area contributed by atoms with Crippen LogP contribution in [0.15, 0.2) is 54.6 Å². The van der Waals surface area contributed by atoms with Crippen LogP contribution in [-0.2, 0) is 13.0 Å². The molecule has 0 aliphatic carbocycles. The summed E-state index contributed by atoms with van der Waals surface area (Å²) >= 11 is 0. The monoisotopic (exact) mass is 240 g/mol. The van der Waals surface area contributed by atoms with Crippen molar-refractivity contribution in [3.05, 3.63) is 65.7 Å². The quantitative estimate of drug-likeness (QED) is 0.749. The van der Waals surface area contributed by atoms with Gasteiger partial charge in [0.25, 0.3) is 0 Å². The number of rotatable bonds is 5. The maximum Gasteiger partial charge on any atom is 0.120 e. The van der Waals surface area contributed by atoms with E-state index in [1.54, 1.807) is 0 Å². The standard InChI is InChI=1S/C17H20O/c1-14(2)11-16-9-6-10-17(12-16)18-13-15-7-4-3-5-8-15/h3-10,12,14H,11,13H2,1-2H3. The van der Waals surface area contributed by atoms with Crippen LogP contribution in [0.2, 0.25) is 0 Å². The van der Waals surface area contributed by atoms with Crippen molar-refractivity contribution in [2.45, 2.75) is 26.9 Å². The summed E-state index contributed by atoms with van der Waals surface area (Å²) in [5, 5.41) is 0. The fourth-order valence-electron chi connectivity index (χ4n) is 1.97. The van der Waals surface area contributed by atoms with E-state index in [0.717, 1.165) is 12.2 Å². The molecule has 0 unspecified atom stereocenters. The summed E-state index contributed by atoms with van der Waals surface area (Å²) in [5.41, 5.74) is 2.54. The third-order valence-electron chi connectivity index (χ3n) is 2.79. The van der Waals surface area contributed by atoms with E-state index in [4.69, 9.17) is 4.74 Å². The highest BCUT2D eigenvalue weighted by atomic mass is 16.5. The molecule has 0 N–H and O–H groups in total. The number of hydrogen-bond acceptors (Lipinski definition) is 1. The zero-order valence-corrected chi connectivity index (χ0v) is 11.1. The van der Waals surface area contributed by atoms with E-state index < -0.39 is 0 Å². The van der Waals surface area contributed by atoms with Crippen LogP contribution in [0.25, 0.3) is 0 Å². The number of hydrogen-bond donors (Lipinski definition) is 0. The molecule has 2 aromatic rings. The van der Waals surface area contributed by atoms with Crippen molar-refractivity contribution < 1.29 is 4.74 Å². The lowest BCUT2D eigenvalue weighted by Gasteiger charge is -2.09. The zero-order valence-electron chi connectivity index (χ0n) is 11.1. The molecule has 0 aliphatic rings. The smallest absolute Gasteiger partial charge is 0.120 e. The Morgan fingerprint density at radius 2 is 1.61 bits per heavy atom. The van der Waals surface area contributed by atoms with Gasteiger partial charge in [-0.3, -0.25) is 0 Å². The highest BCUT2D eigenvalue weighted by Crippen LogP contribution is 2.17. The second-order valence-electron chi connectivity index (χ2n) is 5.02. The predicted octanol–water partition coefficient (Wildman–Crippen LogP) is 4.46. The summed E-state index contributed by atoms with van der Waals surface area (Å²) in [4.78, 5) is 0. The molecule has 0 radical (unpaired) electrons. The largest absolute Gasteiger partial charge is 0.489 e. The molecular weight excluding hydrogens is 220 g/mol. The van der Waals surface area contributed by atoms with Crippen molar-refractivity contribution in [2.75, 3.05) is 0 Å². The molecule has 0 bridgehead atoms. The summed E-state index contributed by atoms with van der Waals surface area (Å²) in [6, 6.07) is 18.6. The molecule has 0 spiro atoms. The average molecular weight is 240 g/mol. The highest BCUT2D eigenvalue weighted by Gasteiger charge is 2.00. The Morgan fingerprint density at radius 1 is 0.889 bits per heavy atom. The Morgan fingerprint density at radius 3 is 2.33 bits per heavy atom. The second-order valence-corrected chi connectivity index (χ2v) is 5.02. The maximum absolute atomic E-state index is 5.81. The van der Waals surface area contributed by atoms with Crippen LogP contribution in [0.5, 0.6) is 5.75 Å². The van der Waals surface area contributed by atoms with Gasteiger partial charge >= 0.3 is 0 Å². The zero-order chi connectivity index (χ0) is 12.8. The molecule has 94 valence electrons. The van der Waals surface area contributed by atoms with E-state index in [-0.39, 0.29) is 0 Å². The summed E-state index contributed by atoms with van der Waals surface area (Å²) in [7, 11) is 0. The highest BCUT2D eigenvalue weighted by molar-refractivity contribution is 5.29. The van der Waals surface area contributed by atoms with Gasteiger partial charge in [0.1, 0.15) is 12.4 Å². The van der Waals surface area contributed by atoms with E-state index in [1.807, 2.05) is 24.3 Å². The molecule has 2 rings (SSSR count). The van der Waals surface area contributed by atoms with Crippen LogP contribution in [0.4, 0.5) is 0 Å². The van der Waals surface area contributed by atoms with Crippen molar-refractivity contribution in [3.63, 3.8) is 0 Å². The van der Waals surface area contributed by atoms with Gasteiger partial charge in [0, 0.05) is 0 Å². The maximum atomic E-state index is 5.81. The predicted molar refractivity (Wildman–Crippen MR) is 75.8 cm³/mol. The first-order valence-corrected chi connectivity index (χ1v) is 6.49. The summed E-state index contributed by atoms with van der Waals surface area (Å²) in [6.07, 6.45) is 1.10. The minimum Gasteiger partial charge on any atom is -0.489 e. The van der Waals surface area contributed by atoms with Crippen LogP contribution in [0.3, 0.4) is 0 Å². The molecule has 1 nitrogen and oxygen atoms in total. The van der Waals surface area contributed by atoms with Gasteiger partial charge in [-0.1, -0.05) is 56.3 Å². The number of benzene rings is 2. The summed E-state index contributed by atoms with van der Waals surface area (Å²) in [6.45, 7) is 5.10. The lowest BCUT2D eigenvalue weighted by Crippen LogP contribution is -1.97. The van der Waals surface area contributed by atoms with Gasteiger partial charge in [0.2, 0.25) is 0 Å². The fraction of sp³-hybridized carbons (Fsp3) is 0.294. The van der Waals surface area contributed by atoms with Gasteiger partial charge in [-0.25, -0.2) is 0 Å². The van der Waals surface area contributed by atoms with Crippen molar-refractivity contribution in [1.82, 2.24) is 0 Å². The van der Waals surface area contributed by atoms with Crippen molar-refractivity contribution in [1.29, 1.82) is 0 Å². The molecule has 2 aromatic carbocycles. The SMILES string of the molecule is CC(C)Cc1cccc(OCc2ccccc2)c1. The molecule has 0 aromatic heterocycles. The Bertz CT molecular complexity index is 474. The van der Waals surface area contributed by atoms with Gasteiger partial charge in [-0.2, -0.15) is 0 Å². The molecule has 0 amide bonds. The lowest BCUT2D eigenvalue weighted by atomic mass is 10.0. The van der Waals surface area contributed by atoms with Gasteiger partial charge in [-0.15, -0.1) is 0 Å². The second kappa shape index (κ2) is 6.25. The fourth-order valence-corrected chi connectivity index (χ4v) is 1.97. The third kappa shape index (κ3) is 3.92. The van der Waals surface area contributed by atoms with Gasteiger partial charge in [0.15, 0.2) is 0 Å². The van der Waals surface area contributed by atoms with E-state index in [0.29, 0.717) is 12.5 Å². The Labute approximate surface area is 109 Å².